The molecule has 0 fully saturated rings. The van der Waals surface area contributed by atoms with E-state index in [1.54, 1.807) is 12.4 Å². The zero-order valence-corrected chi connectivity index (χ0v) is 25.1. The predicted molar refractivity (Wildman–Crippen MR) is 156 cm³/mol. The van der Waals surface area contributed by atoms with E-state index in [4.69, 9.17) is 14.1 Å². The minimum atomic E-state index is -1.94. The number of nitrogens with zero attached hydrogens (tertiary/aromatic N) is 5. The van der Waals surface area contributed by atoms with Crippen LogP contribution in [0.15, 0.2) is 30.6 Å². The molecule has 5 rings (SSSR count). The number of nitrogens with one attached hydrogen (secondary N) is 2. The summed E-state index contributed by atoms with van der Waals surface area (Å²) in [7, 11) is -1.94. The second kappa shape index (κ2) is 9.95. The first kappa shape index (κ1) is 27.2. The van der Waals surface area contributed by atoms with Gasteiger partial charge in [-0.05, 0) is 61.7 Å². The number of nitriles is 1. The number of aryl methyl sites for hydroxylation is 1. The van der Waals surface area contributed by atoms with E-state index in [9.17, 15) is 5.26 Å². The number of ether oxygens (including phenoxy) is 1. The molecule has 9 nitrogen and oxygen atoms in total. The molecule has 1 unspecified atom stereocenters. The second-order valence-electron chi connectivity index (χ2n) is 12.6. The Morgan fingerprint density at radius 2 is 2.13 bits per heavy atom. The third-order valence-corrected chi connectivity index (χ3v) is 12.9. The van der Waals surface area contributed by atoms with Crippen molar-refractivity contribution >= 4 is 25.6 Å². The number of hydrogen-bond donors (Lipinski definition) is 2. The van der Waals surface area contributed by atoms with Gasteiger partial charge < -0.3 is 19.8 Å². The van der Waals surface area contributed by atoms with Crippen LogP contribution in [-0.4, -0.2) is 47.3 Å². The van der Waals surface area contributed by atoms with Crippen molar-refractivity contribution in [3.63, 3.8) is 0 Å². The minimum absolute atomic E-state index is 0.120. The van der Waals surface area contributed by atoms with Crippen LogP contribution in [0.4, 0.5) is 17.3 Å². The summed E-state index contributed by atoms with van der Waals surface area (Å²) in [5, 5.41) is 21.4. The van der Waals surface area contributed by atoms with Gasteiger partial charge in [-0.3, -0.25) is 0 Å². The van der Waals surface area contributed by atoms with E-state index in [0.29, 0.717) is 24.0 Å². The quantitative estimate of drug-likeness (QED) is 0.351. The van der Waals surface area contributed by atoms with Crippen LogP contribution in [-0.2, 0) is 16.4 Å². The molecule has 206 valence electrons. The first-order chi connectivity index (χ1) is 18.4. The van der Waals surface area contributed by atoms with Gasteiger partial charge in [0.1, 0.15) is 11.8 Å². The van der Waals surface area contributed by atoms with Gasteiger partial charge in [0.25, 0.3) is 0 Å². The molecular weight excluding hydrogens is 506 g/mol. The lowest BCUT2D eigenvalue weighted by atomic mass is 9.83. The van der Waals surface area contributed by atoms with Crippen molar-refractivity contribution in [1.82, 2.24) is 19.7 Å². The van der Waals surface area contributed by atoms with Crippen LogP contribution >= 0.6 is 0 Å². The van der Waals surface area contributed by atoms with Crippen molar-refractivity contribution in [2.75, 3.05) is 23.8 Å². The molecule has 2 aliphatic rings. The van der Waals surface area contributed by atoms with Gasteiger partial charge >= 0.3 is 0 Å². The van der Waals surface area contributed by atoms with E-state index >= 15 is 0 Å². The summed E-state index contributed by atoms with van der Waals surface area (Å²) >= 11 is 0. The third kappa shape index (κ3) is 5.25. The molecule has 2 N–H and O–H groups in total. The van der Waals surface area contributed by atoms with E-state index in [-0.39, 0.29) is 16.6 Å². The molecule has 4 heterocycles. The Hall–Kier alpha value is -3.42. The fraction of sp³-hybridized carbons (Fsp3) is 0.517. The molecule has 0 saturated carbocycles. The molecular formula is C29H39N7O2Si. The van der Waals surface area contributed by atoms with Crippen LogP contribution in [0.2, 0.25) is 18.1 Å². The Kier molecular flexibility index (Phi) is 6.93. The van der Waals surface area contributed by atoms with E-state index < -0.39 is 8.32 Å². The van der Waals surface area contributed by atoms with E-state index in [1.165, 1.54) is 0 Å². The molecule has 10 heteroatoms. The lowest BCUT2D eigenvalue weighted by molar-refractivity contribution is 0.209. The highest BCUT2D eigenvalue weighted by Crippen LogP contribution is 2.44. The first-order valence-electron chi connectivity index (χ1n) is 13.7. The van der Waals surface area contributed by atoms with Crippen molar-refractivity contribution in [2.45, 2.75) is 83.7 Å². The first-order valence-corrected chi connectivity index (χ1v) is 16.6. The molecule has 0 amide bonds. The topological polar surface area (TPSA) is 110 Å². The largest absolute Gasteiger partial charge is 0.473 e. The molecule has 1 aromatic carbocycles. The van der Waals surface area contributed by atoms with Crippen LogP contribution in [0, 0.1) is 11.3 Å². The summed E-state index contributed by atoms with van der Waals surface area (Å²) in [6.45, 7) is 17.7. The molecule has 0 radical (unpaired) electrons. The Bertz CT molecular complexity index is 1420. The van der Waals surface area contributed by atoms with Crippen LogP contribution in [0.5, 0.6) is 5.88 Å². The van der Waals surface area contributed by atoms with E-state index in [1.807, 2.05) is 16.8 Å². The summed E-state index contributed by atoms with van der Waals surface area (Å²) in [5.41, 5.74) is 4.68. The van der Waals surface area contributed by atoms with E-state index in [2.05, 4.69) is 80.6 Å². The van der Waals surface area contributed by atoms with E-state index in [0.717, 1.165) is 54.1 Å². The summed E-state index contributed by atoms with van der Waals surface area (Å²) in [4.78, 5) is 9.25. The second-order valence-corrected chi connectivity index (χ2v) is 17.4. The summed E-state index contributed by atoms with van der Waals surface area (Å²) in [5.74, 6) is 1.16. The molecule has 2 aliphatic heterocycles. The number of rotatable bonds is 6. The van der Waals surface area contributed by atoms with Gasteiger partial charge in [-0.15, -0.1) is 0 Å². The summed E-state index contributed by atoms with van der Waals surface area (Å²) in [6, 6.07) is 8.30. The summed E-state index contributed by atoms with van der Waals surface area (Å²) < 4.78 is 14.7. The maximum atomic E-state index is 10.0. The predicted octanol–water partition coefficient (Wildman–Crippen LogP) is 6.22. The van der Waals surface area contributed by atoms with Crippen molar-refractivity contribution < 1.29 is 9.16 Å². The number of hydrogen-bond acceptors (Lipinski definition) is 8. The number of anilines is 3. The van der Waals surface area contributed by atoms with Crippen molar-refractivity contribution in [3.8, 4) is 23.2 Å². The van der Waals surface area contributed by atoms with Gasteiger partial charge in [-0.2, -0.15) is 10.4 Å². The smallest absolute Gasteiger partial charge is 0.236 e. The monoisotopic (exact) mass is 545 g/mol. The van der Waals surface area contributed by atoms with Gasteiger partial charge in [0.05, 0.1) is 29.2 Å². The molecule has 0 aliphatic carbocycles. The summed E-state index contributed by atoms with van der Waals surface area (Å²) in [6.07, 6.45) is 5.62. The lowest BCUT2D eigenvalue weighted by Gasteiger charge is -2.39. The Morgan fingerprint density at radius 3 is 2.87 bits per heavy atom. The van der Waals surface area contributed by atoms with Gasteiger partial charge in [0.15, 0.2) is 8.32 Å². The fourth-order valence-electron chi connectivity index (χ4n) is 4.83. The highest BCUT2D eigenvalue weighted by molar-refractivity contribution is 6.74. The number of benzene rings is 1. The standard InChI is InChI=1S/C29H39N7O2Si/c1-19-9-8-12-36-26(38-19)24(16-33-36)35-27-31-11-10-23(34-27)20-13-21(15-30)25-22(14-20)29(5,17-32-25)18-37-39(6,7)28(2,3)4/h10-11,13-14,16,19,32H,8-9,12,17-18H2,1-7H3,(H,31,34,35)/t19?,29-/m1/s1. The molecule has 3 aromatic rings. The zero-order chi connectivity index (χ0) is 28.0. The Balaban J connectivity index is 1.45. The maximum Gasteiger partial charge on any atom is 0.236 e. The fourth-order valence-corrected chi connectivity index (χ4v) is 5.94. The van der Waals surface area contributed by atoms with Gasteiger partial charge in [0.2, 0.25) is 11.8 Å². The van der Waals surface area contributed by atoms with Crippen LogP contribution < -0.4 is 15.4 Å². The van der Waals surface area contributed by atoms with Gasteiger partial charge in [0, 0.05) is 36.9 Å². The Morgan fingerprint density at radius 1 is 1.33 bits per heavy atom. The molecule has 2 aromatic heterocycles. The lowest BCUT2D eigenvalue weighted by Crippen LogP contribution is -2.45. The van der Waals surface area contributed by atoms with Crippen molar-refractivity contribution in [3.05, 3.63) is 41.7 Å². The highest BCUT2D eigenvalue weighted by Gasteiger charge is 2.42. The van der Waals surface area contributed by atoms with Gasteiger partial charge in [-0.1, -0.05) is 27.7 Å². The molecule has 0 saturated heterocycles. The zero-order valence-electron chi connectivity index (χ0n) is 24.1. The SMILES string of the molecule is CC1CCCn2ncc(Nc3nccc(-c4cc(C#N)c5c(c4)[C@@](C)(CO[Si](C)(C)C(C)(C)C)CN5)n3)c2O1. The average Bonchev–Trinajstić information content (AvgIpc) is 3.35. The minimum Gasteiger partial charge on any atom is -0.473 e. The average molecular weight is 546 g/mol. The molecule has 39 heavy (non-hydrogen) atoms. The molecule has 0 spiro atoms. The van der Waals surface area contributed by atoms with Crippen LogP contribution in [0.1, 0.15) is 58.6 Å². The van der Waals surface area contributed by atoms with Crippen LogP contribution in [0.3, 0.4) is 0 Å². The van der Waals surface area contributed by atoms with Crippen molar-refractivity contribution in [1.29, 1.82) is 5.26 Å². The Labute approximate surface area is 232 Å². The number of aromatic nitrogens is 4. The molecule has 0 bridgehead atoms. The third-order valence-electron chi connectivity index (χ3n) is 8.40. The molecule has 2 atom stereocenters. The normalized spacial score (nSPS) is 20.7. The highest BCUT2D eigenvalue weighted by atomic mass is 28.4. The van der Waals surface area contributed by atoms with Crippen LogP contribution in [0.25, 0.3) is 11.3 Å². The van der Waals surface area contributed by atoms with Gasteiger partial charge in [-0.25, -0.2) is 14.6 Å². The number of fused-ring (bicyclic) bond motifs is 2. The van der Waals surface area contributed by atoms with Crippen molar-refractivity contribution in [2.24, 2.45) is 0 Å². The maximum absolute atomic E-state index is 10.0.